The Morgan fingerprint density at radius 3 is 2.24 bits per heavy atom. The standard InChI is InChI=1S/C7H3F5N2O3/c8-6(9)5-4(7(10,11)12)2(14(16)17)1-3(15)13-5/h1,6H,(H,13,15). The summed E-state index contributed by atoms with van der Waals surface area (Å²) in [5.41, 5.74) is -7.05. The molecule has 0 radical (unpaired) electrons. The van der Waals surface area contributed by atoms with Crippen LogP contribution in [0.1, 0.15) is 17.7 Å². The third-order valence-corrected chi connectivity index (χ3v) is 1.75. The Morgan fingerprint density at radius 1 is 1.35 bits per heavy atom. The molecule has 5 nitrogen and oxygen atoms in total. The van der Waals surface area contributed by atoms with Crippen LogP contribution >= 0.6 is 0 Å². The molecule has 0 saturated carbocycles. The molecule has 1 heterocycles. The van der Waals surface area contributed by atoms with Gasteiger partial charge in [0.25, 0.3) is 17.7 Å². The molecule has 17 heavy (non-hydrogen) atoms. The van der Waals surface area contributed by atoms with Gasteiger partial charge in [-0.3, -0.25) is 14.9 Å². The van der Waals surface area contributed by atoms with Crippen molar-refractivity contribution in [2.75, 3.05) is 0 Å². The van der Waals surface area contributed by atoms with Crippen LogP contribution in [0.5, 0.6) is 0 Å². The molecule has 1 rings (SSSR count). The molecule has 0 unspecified atom stereocenters. The number of nitrogens with zero attached hydrogens (tertiary/aromatic N) is 1. The molecule has 0 aliphatic rings. The molecule has 0 amide bonds. The smallest absolute Gasteiger partial charge is 0.320 e. The van der Waals surface area contributed by atoms with Crippen molar-refractivity contribution in [1.82, 2.24) is 4.98 Å². The van der Waals surface area contributed by atoms with Gasteiger partial charge in [-0.05, 0) is 0 Å². The predicted octanol–water partition coefficient (Wildman–Crippen LogP) is 2.24. The minimum absolute atomic E-state index is 0.00863. The summed E-state index contributed by atoms with van der Waals surface area (Å²) >= 11 is 0. The molecule has 10 heteroatoms. The number of rotatable bonds is 2. The van der Waals surface area contributed by atoms with E-state index in [1.54, 1.807) is 0 Å². The molecule has 0 spiro atoms. The van der Waals surface area contributed by atoms with E-state index in [1.807, 2.05) is 0 Å². The summed E-state index contributed by atoms with van der Waals surface area (Å²) in [6, 6.07) is 0.00863. The van der Waals surface area contributed by atoms with Crippen molar-refractivity contribution < 1.29 is 26.9 Å². The van der Waals surface area contributed by atoms with Crippen molar-refractivity contribution >= 4 is 5.69 Å². The first-order valence-corrected chi connectivity index (χ1v) is 3.91. The fraction of sp³-hybridized carbons (Fsp3) is 0.286. The molecular formula is C7H3F5N2O3. The van der Waals surface area contributed by atoms with Gasteiger partial charge in [-0.15, -0.1) is 0 Å². The Bertz CT molecular complexity index is 507. The molecule has 0 saturated heterocycles. The summed E-state index contributed by atoms with van der Waals surface area (Å²) in [5, 5.41) is 10.3. The molecule has 1 aromatic rings. The van der Waals surface area contributed by atoms with E-state index >= 15 is 0 Å². The van der Waals surface area contributed by atoms with Crippen LogP contribution in [-0.2, 0) is 6.18 Å². The van der Waals surface area contributed by atoms with Crippen LogP contribution in [0.15, 0.2) is 10.9 Å². The normalized spacial score (nSPS) is 11.9. The highest BCUT2D eigenvalue weighted by Crippen LogP contribution is 2.39. The summed E-state index contributed by atoms with van der Waals surface area (Å²) < 4.78 is 61.8. The Labute approximate surface area is 89.0 Å². The molecule has 1 N–H and O–H groups in total. The molecule has 0 bridgehead atoms. The Hall–Kier alpha value is -2.00. The first kappa shape index (κ1) is 13.1. The van der Waals surface area contributed by atoms with Gasteiger partial charge in [-0.25, -0.2) is 8.78 Å². The van der Waals surface area contributed by atoms with E-state index in [0.717, 1.165) is 0 Å². The summed E-state index contributed by atoms with van der Waals surface area (Å²) in [5.74, 6) is 0. The van der Waals surface area contributed by atoms with E-state index in [2.05, 4.69) is 0 Å². The monoisotopic (exact) mass is 258 g/mol. The highest BCUT2D eigenvalue weighted by atomic mass is 19.4. The van der Waals surface area contributed by atoms with Gasteiger partial charge in [-0.1, -0.05) is 0 Å². The van der Waals surface area contributed by atoms with Crippen LogP contribution in [0.2, 0.25) is 0 Å². The Balaban J connectivity index is 3.72. The predicted molar refractivity (Wildman–Crippen MR) is 43.7 cm³/mol. The van der Waals surface area contributed by atoms with Gasteiger partial charge in [0, 0.05) is 0 Å². The molecule has 0 aliphatic carbocycles. The van der Waals surface area contributed by atoms with E-state index in [1.165, 1.54) is 4.98 Å². The number of alkyl halides is 5. The zero-order valence-electron chi connectivity index (χ0n) is 7.72. The largest absolute Gasteiger partial charge is 0.424 e. The van der Waals surface area contributed by atoms with Gasteiger partial charge in [0.1, 0.15) is 5.69 Å². The number of nitro groups is 1. The lowest BCUT2D eigenvalue weighted by Gasteiger charge is -2.11. The quantitative estimate of drug-likeness (QED) is 0.502. The van der Waals surface area contributed by atoms with Crippen LogP contribution in [0, 0.1) is 10.1 Å². The van der Waals surface area contributed by atoms with E-state index in [9.17, 15) is 36.9 Å². The number of aromatic nitrogens is 1. The van der Waals surface area contributed by atoms with Crippen molar-refractivity contribution in [1.29, 1.82) is 0 Å². The average molecular weight is 258 g/mol. The van der Waals surface area contributed by atoms with Crippen LogP contribution < -0.4 is 5.56 Å². The highest BCUT2D eigenvalue weighted by molar-refractivity contribution is 5.44. The van der Waals surface area contributed by atoms with Crippen LogP contribution in [0.4, 0.5) is 27.6 Å². The number of H-pyrrole nitrogens is 1. The van der Waals surface area contributed by atoms with E-state index in [-0.39, 0.29) is 6.07 Å². The molecule has 1 aromatic heterocycles. The molecule has 94 valence electrons. The van der Waals surface area contributed by atoms with E-state index in [4.69, 9.17) is 0 Å². The Morgan fingerprint density at radius 2 is 1.88 bits per heavy atom. The first-order valence-electron chi connectivity index (χ1n) is 3.91. The molecule has 0 fully saturated rings. The molecule has 0 aliphatic heterocycles. The van der Waals surface area contributed by atoms with Crippen LogP contribution in [0.25, 0.3) is 0 Å². The van der Waals surface area contributed by atoms with Crippen molar-refractivity contribution in [3.63, 3.8) is 0 Å². The summed E-state index contributed by atoms with van der Waals surface area (Å²) in [4.78, 5) is 20.8. The van der Waals surface area contributed by atoms with E-state index in [0.29, 0.717) is 0 Å². The lowest BCUT2D eigenvalue weighted by atomic mass is 10.1. The van der Waals surface area contributed by atoms with E-state index < -0.39 is 40.0 Å². The number of pyridine rings is 1. The summed E-state index contributed by atoms with van der Waals surface area (Å²) in [7, 11) is 0. The maximum absolute atomic E-state index is 12.4. The second-order valence-electron chi connectivity index (χ2n) is 2.86. The highest BCUT2D eigenvalue weighted by Gasteiger charge is 2.43. The van der Waals surface area contributed by atoms with Crippen molar-refractivity contribution in [3.8, 4) is 0 Å². The molecule has 0 atom stereocenters. The fourth-order valence-corrected chi connectivity index (χ4v) is 1.17. The van der Waals surface area contributed by atoms with Crippen molar-refractivity contribution in [2.24, 2.45) is 0 Å². The lowest BCUT2D eigenvalue weighted by Crippen LogP contribution is -2.20. The SMILES string of the molecule is O=c1cc([N+](=O)[O-])c(C(F)(F)F)c(C(F)F)[nH]1. The number of hydrogen-bond donors (Lipinski definition) is 1. The minimum atomic E-state index is -5.36. The number of nitrogens with one attached hydrogen (secondary N) is 1. The zero-order chi connectivity index (χ0) is 13.4. The number of hydrogen-bond acceptors (Lipinski definition) is 3. The van der Waals surface area contributed by atoms with Crippen LogP contribution in [-0.4, -0.2) is 9.91 Å². The first-order chi connectivity index (χ1) is 7.64. The Kier molecular flexibility index (Phi) is 3.16. The second-order valence-corrected chi connectivity index (χ2v) is 2.86. The van der Waals surface area contributed by atoms with Gasteiger partial charge < -0.3 is 4.98 Å². The minimum Gasteiger partial charge on any atom is -0.320 e. The van der Waals surface area contributed by atoms with Crippen LogP contribution in [0.3, 0.4) is 0 Å². The van der Waals surface area contributed by atoms with Gasteiger partial charge >= 0.3 is 6.18 Å². The van der Waals surface area contributed by atoms with Gasteiger partial charge in [0.15, 0.2) is 5.56 Å². The number of aromatic amines is 1. The summed E-state index contributed by atoms with van der Waals surface area (Å²) in [6.07, 6.45) is -9.04. The third-order valence-electron chi connectivity index (χ3n) is 1.75. The average Bonchev–Trinajstić information content (AvgIpc) is 2.14. The van der Waals surface area contributed by atoms with Crippen molar-refractivity contribution in [2.45, 2.75) is 12.6 Å². The lowest BCUT2D eigenvalue weighted by molar-refractivity contribution is -0.388. The molecule has 0 aromatic carbocycles. The third kappa shape index (κ3) is 2.57. The molecular weight excluding hydrogens is 255 g/mol. The van der Waals surface area contributed by atoms with Gasteiger partial charge in [0.2, 0.25) is 0 Å². The maximum Gasteiger partial charge on any atom is 0.424 e. The van der Waals surface area contributed by atoms with Gasteiger partial charge in [0.05, 0.1) is 11.0 Å². The number of halogens is 5. The van der Waals surface area contributed by atoms with Crippen molar-refractivity contribution in [3.05, 3.63) is 37.8 Å². The second kappa shape index (κ2) is 4.11. The zero-order valence-corrected chi connectivity index (χ0v) is 7.72. The topological polar surface area (TPSA) is 76.0 Å². The fourth-order valence-electron chi connectivity index (χ4n) is 1.17. The summed E-state index contributed by atoms with van der Waals surface area (Å²) in [6.45, 7) is 0. The maximum atomic E-state index is 12.4. The van der Waals surface area contributed by atoms with Gasteiger partial charge in [-0.2, -0.15) is 13.2 Å².